The summed E-state index contributed by atoms with van der Waals surface area (Å²) >= 11 is 5.44. The minimum absolute atomic E-state index is 0.128. The van der Waals surface area contributed by atoms with Crippen LogP contribution in [-0.2, 0) is 4.79 Å². The molecule has 1 aromatic rings. The van der Waals surface area contributed by atoms with Gasteiger partial charge < -0.3 is 10.2 Å². The number of rotatable bonds is 0. The van der Waals surface area contributed by atoms with Gasteiger partial charge in [-0.05, 0) is 18.2 Å². The fraction of sp³-hybridized carbons (Fsp3) is 0.417. The van der Waals surface area contributed by atoms with Gasteiger partial charge in [0.1, 0.15) is 0 Å². The van der Waals surface area contributed by atoms with Crippen molar-refractivity contribution in [2.45, 2.75) is 12.5 Å². The highest BCUT2D eigenvalue weighted by Crippen LogP contribution is 2.36. The third-order valence-corrected chi connectivity index (χ3v) is 4.78. The maximum atomic E-state index is 11.8. The summed E-state index contributed by atoms with van der Waals surface area (Å²) in [7, 11) is 0. The number of nitrogens with zero attached hydrogens (tertiary/aromatic N) is 1. The standard InChI is InChI=1S/C12H13BrN2OS/c13-8-1-2-10-11(5-8)15-3-4-17-7-9(15)6-12(16)14-10/h1-2,5,9H,3-4,6-7H2,(H,14,16). The van der Waals surface area contributed by atoms with Crippen molar-refractivity contribution in [2.24, 2.45) is 0 Å². The zero-order valence-corrected chi connectivity index (χ0v) is 11.7. The Kier molecular flexibility index (Phi) is 3.04. The van der Waals surface area contributed by atoms with E-state index in [0.717, 1.165) is 33.9 Å². The normalized spacial score (nSPS) is 23.5. The van der Waals surface area contributed by atoms with E-state index in [-0.39, 0.29) is 5.91 Å². The lowest BCUT2D eigenvalue weighted by atomic mass is 10.1. The van der Waals surface area contributed by atoms with E-state index >= 15 is 0 Å². The Morgan fingerprint density at radius 2 is 2.35 bits per heavy atom. The molecule has 3 nitrogen and oxygen atoms in total. The highest BCUT2D eigenvalue weighted by Gasteiger charge is 2.30. The van der Waals surface area contributed by atoms with Gasteiger partial charge in [0.25, 0.3) is 0 Å². The quantitative estimate of drug-likeness (QED) is 0.799. The number of anilines is 2. The summed E-state index contributed by atoms with van der Waals surface area (Å²) in [5.41, 5.74) is 2.09. The lowest BCUT2D eigenvalue weighted by Crippen LogP contribution is -2.42. The minimum Gasteiger partial charge on any atom is -0.365 e. The van der Waals surface area contributed by atoms with Crippen LogP contribution in [0.3, 0.4) is 0 Å². The number of thioether (sulfide) groups is 1. The summed E-state index contributed by atoms with van der Waals surface area (Å²) < 4.78 is 1.06. The van der Waals surface area contributed by atoms with Crippen molar-refractivity contribution in [3.8, 4) is 0 Å². The van der Waals surface area contributed by atoms with Crippen LogP contribution in [0.5, 0.6) is 0 Å². The van der Waals surface area contributed by atoms with Crippen molar-refractivity contribution < 1.29 is 4.79 Å². The first-order chi connectivity index (χ1) is 8.24. The molecule has 17 heavy (non-hydrogen) atoms. The first kappa shape index (κ1) is 11.4. The predicted octanol–water partition coefficient (Wildman–Crippen LogP) is 2.71. The maximum Gasteiger partial charge on any atom is 0.226 e. The highest BCUT2D eigenvalue weighted by atomic mass is 79.9. The fourth-order valence-electron chi connectivity index (χ4n) is 2.40. The van der Waals surface area contributed by atoms with E-state index in [9.17, 15) is 4.79 Å². The molecule has 0 bridgehead atoms. The maximum absolute atomic E-state index is 11.8. The summed E-state index contributed by atoms with van der Waals surface area (Å²) in [4.78, 5) is 14.2. The summed E-state index contributed by atoms with van der Waals surface area (Å²) in [6.07, 6.45) is 0.597. The van der Waals surface area contributed by atoms with Crippen molar-refractivity contribution in [1.82, 2.24) is 0 Å². The van der Waals surface area contributed by atoms with Gasteiger partial charge in [-0.3, -0.25) is 4.79 Å². The smallest absolute Gasteiger partial charge is 0.226 e. The first-order valence-electron chi connectivity index (χ1n) is 5.68. The summed E-state index contributed by atoms with van der Waals surface area (Å²) in [5.74, 6) is 2.30. The van der Waals surface area contributed by atoms with E-state index in [1.807, 2.05) is 23.9 Å². The largest absolute Gasteiger partial charge is 0.365 e. The average molecular weight is 313 g/mol. The van der Waals surface area contributed by atoms with E-state index in [0.29, 0.717) is 12.5 Å². The molecule has 1 fully saturated rings. The molecule has 5 heteroatoms. The molecular weight excluding hydrogens is 300 g/mol. The number of carbonyl (C=O) groups excluding carboxylic acids is 1. The minimum atomic E-state index is 0.128. The number of benzene rings is 1. The van der Waals surface area contributed by atoms with Crippen LogP contribution < -0.4 is 10.2 Å². The second kappa shape index (κ2) is 4.53. The Morgan fingerprint density at radius 3 is 3.24 bits per heavy atom. The van der Waals surface area contributed by atoms with Gasteiger partial charge in [0, 0.05) is 35.0 Å². The fourth-order valence-corrected chi connectivity index (χ4v) is 3.82. The Labute approximate surface area is 113 Å². The molecule has 3 rings (SSSR count). The SMILES string of the molecule is O=C1CC2CSCCN2c2cc(Br)ccc2N1. The number of nitrogens with one attached hydrogen (secondary N) is 1. The van der Waals surface area contributed by atoms with Gasteiger partial charge in [0.15, 0.2) is 0 Å². The third-order valence-electron chi connectivity index (χ3n) is 3.19. The van der Waals surface area contributed by atoms with E-state index in [1.165, 1.54) is 0 Å². The van der Waals surface area contributed by atoms with Crippen molar-refractivity contribution in [2.75, 3.05) is 28.3 Å². The predicted molar refractivity (Wildman–Crippen MR) is 75.8 cm³/mol. The second-order valence-electron chi connectivity index (χ2n) is 4.34. The molecule has 1 atom stereocenters. The molecule has 0 aromatic heterocycles. The average Bonchev–Trinajstić information content (AvgIpc) is 2.45. The molecule has 1 N–H and O–H groups in total. The Balaban J connectivity index is 2.07. The van der Waals surface area contributed by atoms with Crippen LogP contribution >= 0.6 is 27.7 Å². The van der Waals surface area contributed by atoms with Crippen molar-refractivity contribution >= 4 is 45.0 Å². The monoisotopic (exact) mass is 312 g/mol. The lowest BCUT2D eigenvalue weighted by molar-refractivity contribution is -0.116. The van der Waals surface area contributed by atoms with E-state index in [4.69, 9.17) is 0 Å². The van der Waals surface area contributed by atoms with Gasteiger partial charge in [0.2, 0.25) is 5.91 Å². The van der Waals surface area contributed by atoms with Gasteiger partial charge in [-0.25, -0.2) is 0 Å². The molecule has 0 spiro atoms. The Morgan fingerprint density at radius 1 is 1.47 bits per heavy atom. The summed E-state index contributed by atoms with van der Waals surface area (Å²) in [6, 6.07) is 6.38. The molecule has 1 amide bonds. The zero-order valence-electron chi connectivity index (χ0n) is 9.28. The third kappa shape index (κ3) is 2.18. The first-order valence-corrected chi connectivity index (χ1v) is 7.62. The second-order valence-corrected chi connectivity index (χ2v) is 6.40. The topological polar surface area (TPSA) is 32.3 Å². The van der Waals surface area contributed by atoms with Crippen molar-refractivity contribution in [1.29, 1.82) is 0 Å². The zero-order chi connectivity index (χ0) is 11.8. The molecular formula is C12H13BrN2OS. The Bertz CT molecular complexity index is 466. The number of hydrogen-bond donors (Lipinski definition) is 1. The van der Waals surface area contributed by atoms with Gasteiger partial charge in [-0.1, -0.05) is 15.9 Å². The van der Waals surface area contributed by atoms with Crippen LogP contribution in [0.15, 0.2) is 22.7 Å². The van der Waals surface area contributed by atoms with Gasteiger partial charge >= 0.3 is 0 Å². The number of carbonyl (C=O) groups is 1. The summed E-state index contributed by atoms with van der Waals surface area (Å²) in [6.45, 7) is 1.02. The molecule has 1 aromatic carbocycles. The number of halogens is 1. The van der Waals surface area contributed by atoms with E-state index < -0.39 is 0 Å². The molecule has 1 saturated heterocycles. The molecule has 0 radical (unpaired) electrons. The van der Waals surface area contributed by atoms with Crippen LogP contribution in [0, 0.1) is 0 Å². The van der Waals surface area contributed by atoms with Crippen molar-refractivity contribution in [3.05, 3.63) is 22.7 Å². The van der Waals surface area contributed by atoms with E-state index in [2.05, 4.69) is 32.2 Å². The van der Waals surface area contributed by atoms with Crippen LogP contribution in [0.2, 0.25) is 0 Å². The molecule has 2 heterocycles. The van der Waals surface area contributed by atoms with E-state index in [1.54, 1.807) is 0 Å². The van der Waals surface area contributed by atoms with Gasteiger partial charge in [0.05, 0.1) is 11.4 Å². The van der Waals surface area contributed by atoms with Crippen LogP contribution in [0.25, 0.3) is 0 Å². The molecule has 2 aliphatic heterocycles. The lowest BCUT2D eigenvalue weighted by Gasteiger charge is -2.35. The Hall–Kier alpha value is -0.680. The number of hydrogen-bond acceptors (Lipinski definition) is 3. The molecule has 90 valence electrons. The number of fused-ring (bicyclic) bond motifs is 3. The van der Waals surface area contributed by atoms with Crippen LogP contribution in [-0.4, -0.2) is 30.0 Å². The van der Waals surface area contributed by atoms with Gasteiger partial charge in [-0.15, -0.1) is 0 Å². The molecule has 1 unspecified atom stereocenters. The molecule has 0 saturated carbocycles. The van der Waals surface area contributed by atoms with Crippen LogP contribution in [0.1, 0.15) is 6.42 Å². The summed E-state index contributed by atoms with van der Waals surface area (Å²) in [5, 5.41) is 3.00. The molecule has 0 aliphatic carbocycles. The van der Waals surface area contributed by atoms with Crippen molar-refractivity contribution in [3.63, 3.8) is 0 Å². The molecule has 2 aliphatic rings. The van der Waals surface area contributed by atoms with Gasteiger partial charge in [-0.2, -0.15) is 11.8 Å². The van der Waals surface area contributed by atoms with Crippen LogP contribution in [0.4, 0.5) is 11.4 Å². The number of amides is 1. The highest BCUT2D eigenvalue weighted by molar-refractivity contribution is 9.10.